The van der Waals surface area contributed by atoms with Crippen molar-refractivity contribution in [3.8, 4) is 5.75 Å². The Morgan fingerprint density at radius 3 is 2.39 bits per heavy atom. The standard InChI is InChI=1S/C17H14O5S/c1-11(18)12-5-7-13(8-6-12)23(20,21)22-17-4-2-3-14-15(17)9-10-16(14)19/h2-8H,9-10H2,1H3. The number of rotatable bonds is 4. The molecule has 0 bridgehead atoms. The van der Waals surface area contributed by atoms with Gasteiger partial charge in [0.25, 0.3) is 0 Å². The van der Waals surface area contributed by atoms with Crippen molar-refractivity contribution in [3.05, 3.63) is 59.2 Å². The molecule has 0 amide bonds. The van der Waals surface area contributed by atoms with Crippen molar-refractivity contribution in [1.29, 1.82) is 0 Å². The number of Topliss-reactive ketones (excluding diaryl/α,β-unsaturated/α-hetero) is 2. The normalized spacial score (nSPS) is 13.7. The Morgan fingerprint density at radius 2 is 1.74 bits per heavy atom. The number of carbonyl (C=O) groups is 2. The third-order valence-corrected chi connectivity index (χ3v) is 5.03. The van der Waals surface area contributed by atoms with E-state index >= 15 is 0 Å². The summed E-state index contributed by atoms with van der Waals surface area (Å²) in [5, 5.41) is 0. The van der Waals surface area contributed by atoms with Crippen molar-refractivity contribution < 1.29 is 22.2 Å². The quantitative estimate of drug-likeness (QED) is 0.636. The molecule has 0 saturated heterocycles. The molecule has 118 valence electrons. The van der Waals surface area contributed by atoms with Gasteiger partial charge in [0.1, 0.15) is 10.6 Å². The Kier molecular flexibility index (Phi) is 3.77. The van der Waals surface area contributed by atoms with Gasteiger partial charge in [0.05, 0.1) is 0 Å². The first-order valence-corrected chi connectivity index (χ1v) is 8.50. The Hall–Kier alpha value is -2.47. The second kappa shape index (κ2) is 5.62. The van der Waals surface area contributed by atoms with E-state index in [0.717, 1.165) is 0 Å². The molecule has 1 aliphatic carbocycles. The summed E-state index contributed by atoms with van der Waals surface area (Å²) >= 11 is 0. The highest BCUT2D eigenvalue weighted by Gasteiger charge is 2.26. The molecule has 0 spiro atoms. The van der Waals surface area contributed by atoms with Crippen molar-refractivity contribution >= 4 is 21.7 Å². The summed E-state index contributed by atoms with van der Waals surface area (Å²) < 4.78 is 30.0. The van der Waals surface area contributed by atoms with Crippen molar-refractivity contribution in [2.45, 2.75) is 24.7 Å². The van der Waals surface area contributed by atoms with Crippen LogP contribution in [-0.2, 0) is 16.5 Å². The van der Waals surface area contributed by atoms with Crippen molar-refractivity contribution in [2.24, 2.45) is 0 Å². The van der Waals surface area contributed by atoms with Gasteiger partial charge in [0, 0.05) is 23.1 Å². The van der Waals surface area contributed by atoms with E-state index in [1.54, 1.807) is 18.2 Å². The Morgan fingerprint density at radius 1 is 1.04 bits per heavy atom. The van der Waals surface area contributed by atoms with Gasteiger partial charge < -0.3 is 4.18 Å². The minimum absolute atomic E-state index is 0.00587. The van der Waals surface area contributed by atoms with E-state index in [4.69, 9.17) is 4.18 Å². The molecule has 0 heterocycles. The highest BCUT2D eigenvalue weighted by atomic mass is 32.2. The van der Waals surface area contributed by atoms with Gasteiger partial charge in [-0.1, -0.05) is 24.3 Å². The lowest BCUT2D eigenvalue weighted by Gasteiger charge is -2.10. The fraction of sp³-hybridized carbons (Fsp3) is 0.176. The molecule has 0 radical (unpaired) electrons. The van der Waals surface area contributed by atoms with Crippen LogP contribution in [0.3, 0.4) is 0 Å². The molecular formula is C17H14O5S. The fourth-order valence-corrected chi connectivity index (χ4v) is 3.52. The predicted octanol–water partition coefficient (Wildman–Crippen LogP) is 2.79. The highest BCUT2D eigenvalue weighted by Crippen LogP contribution is 2.32. The summed E-state index contributed by atoms with van der Waals surface area (Å²) in [7, 11) is -4.02. The number of ketones is 2. The highest BCUT2D eigenvalue weighted by molar-refractivity contribution is 7.87. The molecule has 0 fully saturated rings. The maximum absolute atomic E-state index is 12.4. The number of hydrogen-bond acceptors (Lipinski definition) is 5. The SMILES string of the molecule is CC(=O)c1ccc(S(=O)(=O)Oc2cccc3c2CCC3=O)cc1. The molecule has 0 aliphatic heterocycles. The van der Waals surface area contributed by atoms with E-state index in [0.29, 0.717) is 29.5 Å². The summed E-state index contributed by atoms with van der Waals surface area (Å²) in [6, 6.07) is 10.4. The number of hydrogen-bond donors (Lipinski definition) is 0. The summed E-state index contributed by atoms with van der Waals surface area (Å²) in [5.74, 6) is 0.0342. The van der Waals surface area contributed by atoms with Gasteiger partial charge in [0.15, 0.2) is 11.6 Å². The van der Waals surface area contributed by atoms with Crippen LogP contribution < -0.4 is 4.18 Å². The van der Waals surface area contributed by atoms with Gasteiger partial charge in [0.2, 0.25) is 0 Å². The molecule has 5 nitrogen and oxygen atoms in total. The molecule has 0 unspecified atom stereocenters. The van der Waals surface area contributed by atoms with Gasteiger partial charge in [-0.05, 0) is 31.5 Å². The van der Waals surface area contributed by atoms with E-state index in [2.05, 4.69) is 0 Å². The van der Waals surface area contributed by atoms with Crippen LogP contribution in [0.4, 0.5) is 0 Å². The molecule has 2 aromatic carbocycles. The third-order valence-electron chi connectivity index (χ3n) is 3.78. The second-order valence-corrected chi connectivity index (χ2v) is 6.87. The Bertz CT molecular complexity index is 895. The summed E-state index contributed by atoms with van der Waals surface area (Å²) in [4.78, 5) is 22.9. The number of carbonyl (C=O) groups excluding carboxylic acids is 2. The van der Waals surface area contributed by atoms with Crippen LogP contribution in [0.25, 0.3) is 0 Å². The van der Waals surface area contributed by atoms with Crippen LogP contribution in [0.5, 0.6) is 5.75 Å². The van der Waals surface area contributed by atoms with Gasteiger partial charge in [-0.3, -0.25) is 9.59 Å². The van der Waals surface area contributed by atoms with Crippen LogP contribution in [0.15, 0.2) is 47.4 Å². The Balaban J connectivity index is 1.93. The van der Waals surface area contributed by atoms with Crippen LogP contribution in [0, 0.1) is 0 Å². The fourth-order valence-electron chi connectivity index (χ4n) is 2.56. The average Bonchev–Trinajstić information content (AvgIpc) is 2.90. The van der Waals surface area contributed by atoms with Gasteiger partial charge >= 0.3 is 10.1 Å². The van der Waals surface area contributed by atoms with E-state index in [-0.39, 0.29) is 22.2 Å². The van der Waals surface area contributed by atoms with Crippen LogP contribution in [0.2, 0.25) is 0 Å². The molecule has 3 rings (SSSR count). The maximum atomic E-state index is 12.4. The zero-order valence-corrected chi connectivity index (χ0v) is 13.2. The first-order valence-electron chi connectivity index (χ1n) is 7.09. The smallest absolute Gasteiger partial charge is 0.339 e. The van der Waals surface area contributed by atoms with Gasteiger partial charge in [-0.25, -0.2) is 0 Å². The lowest BCUT2D eigenvalue weighted by molar-refractivity contribution is 0.0991. The van der Waals surface area contributed by atoms with Crippen molar-refractivity contribution in [1.82, 2.24) is 0 Å². The molecule has 0 N–H and O–H groups in total. The lowest BCUT2D eigenvalue weighted by atomic mass is 10.1. The summed E-state index contributed by atoms with van der Waals surface area (Å²) in [6.07, 6.45) is 0.839. The minimum Gasteiger partial charge on any atom is -0.379 e. The largest absolute Gasteiger partial charge is 0.379 e. The van der Waals surface area contributed by atoms with Crippen LogP contribution in [0.1, 0.15) is 39.6 Å². The Labute approximate surface area is 134 Å². The molecule has 0 atom stereocenters. The molecule has 0 aromatic heterocycles. The number of benzene rings is 2. The first-order chi connectivity index (χ1) is 10.9. The van der Waals surface area contributed by atoms with Gasteiger partial charge in [-0.15, -0.1) is 0 Å². The van der Waals surface area contributed by atoms with Crippen LogP contribution in [-0.4, -0.2) is 20.0 Å². The summed E-state index contributed by atoms with van der Waals surface area (Å²) in [6.45, 7) is 1.41. The van der Waals surface area contributed by atoms with E-state index in [9.17, 15) is 18.0 Å². The monoisotopic (exact) mass is 330 g/mol. The third kappa shape index (κ3) is 2.90. The molecule has 6 heteroatoms. The zero-order valence-electron chi connectivity index (χ0n) is 12.4. The molecule has 1 aliphatic rings. The molecule has 23 heavy (non-hydrogen) atoms. The van der Waals surface area contributed by atoms with Crippen LogP contribution >= 0.6 is 0 Å². The maximum Gasteiger partial charge on any atom is 0.339 e. The predicted molar refractivity (Wildman–Crippen MR) is 83.4 cm³/mol. The zero-order chi connectivity index (χ0) is 16.6. The molecule has 0 saturated carbocycles. The summed E-state index contributed by atoms with van der Waals surface area (Å²) in [5.41, 5.74) is 1.57. The van der Waals surface area contributed by atoms with E-state index in [1.807, 2.05) is 0 Å². The van der Waals surface area contributed by atoms with Gasteiger partial charge in [-0.2, -0.15) is 8.42 Å². The van der Waals surface area contributed by atoms with E-state index < -0.39 is 10.1 Å². The van der Waals surface area contributed by atoms with Crippen molar-refractivity contribution in [3.63, 3.8) is 0 Å². The first kappa shape index (κ1) is 15.4. The topological polar surface area (TPSA) is 77.5 Å². The minimum atomic E-state index is -4.02. The number of fused-ring (bicyclic) bond motifs is 1. The average molecular weight is 330 g/mol. The lowest BCUT2D eigenvalue weighted by Crippen LogP contribution is -2.11. The van der Waals surface area contributed by atoms with E-state index in [1.165, 1.54) is 31.2 Å². The van der Waals surface area contributed by atoms with Crippen molar-refractivity contribution in [2.75, 3.05) is 0 Å². The molecule has 2 aromatic rings. The second-order valence-electron chi connectivity index (χ2n) is 5.32. The molecular weight excluding hydrogens is 316 g/mol.